The molecule has 4 aliphatic heterocycles. The molecule has 6 atom stereocenters. The molecule has 0 aliphatic carbocycles. The smallest absolute Gasteiger partial charge is 0.148 e. The van der Waals surface area contributed by atoms with E-state index in [4.69, 9.17) is 9.97 Å². The lowest BCUT2D eigenvalue weighted by atomic mass is 9.85. The maximum Gasteiger partial charge on any atom is 0.148 e. The van der Waals surface area contributed by atoms with Gasteiger partial charge in [-0.2, -0.15) is 0 Å². The van der Waals surface area contributed by atoms with Gasteiger partial charge in [0.25, 0.3) is 0 Å². The van der Waals surface area contributed by atoms with Gasteiger partial charge in [0.1, 0.15) is 16.7 Å². The van der Waals surface area contributed by atoms with Crippen molar-refractivity contribution in [3.8, 4) is 0 Å². The summed E-state index contributed by atoms with van der Waals surface area (Å²) in [5, 5.41) is 8.16. The Labute approximate surface area is 200 Å². The number of rotatable bonds is 6. The van der Waals surface area contributed by atoms with E-state index in [0.29, 0.717) is 29.8 Å². The standard InChI is InChI=1S/C24H34N8S/c1-15(19-8-27-11-22(29-19)31-4-3-16-6-25-9-20(16)31)5-17-14-32(21-10-26-7-18(17)21)23-12-28-13-24(30-23)33-2/h8,11-13,15-18,20-21,25-26H,3-7,9-10,14H2,1-2H3/t15?,16-,17?,18-,20+,21-/m1/s1. The first-order valence-corrected chi connectivity index (χ1v) is 13.6. The Morgan fingerprint density at radius 1 is 0.970 bits per heavy atom. The first-order chi connectivity index (χ1) is 16.2. The molecule has 0 radical (unpaired) electrons. The zero-order valence-electron chi connectivity index (χ0n) is 19.5. The summed E-state index contributed by atoms with van der Waals surface area (Å²) in [5.74, 6) is 4.48. The SMILES string of the molecule is CSc1cncc(N2CC(CC(C)c3cncc(N4CC[C@@H]5CNC[C@@H]54)n3)[C@H]3CNC[C@H]32)n1. The fraction of sp³-hybridized carbons (Fsp3) is 0.667. The van der Waals surface area contributed by atoms with E-state index in [1.54, 1.807) is 11.8 Å². The van der Waals surface area contributed by atoms with Gasteiger partial charge in [-0.1, -0.05) is 6.92 Å². The molecule has 4 aliphatic rings. The second kappa shape index (κ2) is 9.00. The Balaban J connectivity index is 1.18. The molecule has 176 valence electrons. The molecule has 2 aromatic rings. The number of aromatic nitrogens is 4. The van der Waals surface area contributed by atoms with Gasteiger partial charge in [0.05, 0.1) is 24.3 Å². The van der Waals surface area contributed by atoms with Crippen LogP contribution in [0, 0.1) is 17.8 Å². The lowest BCUT2D eigenvalue weighted by molar-refractivity contribution is 0.370. The first-order valence-electron chi connectivity index (χ1n) is 12.3. The van der Waals surface area contributed by atoms with Gasteiger partial charge >= 0.3 is 0 Å². The molecular formula is C24H34N8S. The van der Waals surface area contributed by atoms with E-state index in [-0.39, 0.29) is 0 Å². The summed E-state index contributed by atoms with van der Waals surface area (Å²) in [7, 11) is 0. The van der Waals surface area contributed by atoms with Gasteiger partial charge < -0.3 is 20.4 Å². The third-order valence-electron chi connectivity index (χ3n) is 8.31. The third kappa shape index (κ3) is 3.98. The molecule has 2 N–H and O–H groups in total. The predicted molar refractivity (Wildman–Crippen MR) is 132 cm³/mol. The summed E-state index contributed by atoms with van der Waals surface area (Å²) in [5.41, 5.74) is 1.13. The molecule has 33 heavy (non-hydrogen) atoms. The molecule has 0 bridgehead atoms. The minimum atomic E-state index is 0.382. The molecule has 6 heterocycles. The molecule has 8 nitrogen and oxygen atoms in total. The van der Waals surface area contributed by atoms with Crippen LogP contribution in [0.25, 0.3) is 0 Å². The van der Waals surface area contributed by atoms with Crippen LogP contribution in [0.3, 0.4) is 0 Å². The Bertz CT molecular complexity index is 988. The highest BCUT2D eigenvalue weighted by molar-refractivity contribution is 7.98. The Kier molecular flexibility index (Phi) is 5.88. The number of nitrogens with zero attached hydrogens (tertiary/aromatic N) is 6. The average Bonchev–Trinajstić information content (AvgIpc) is 3.62. The lowest BCUT2D eigenvalue weighted by Gasteiger charge is -2.26. The van der Waals surface area contributed by atoms with Crippen molar-refractivity contribution in [1.29, 1.82) is 0 Å². The van der Waals surface area contributed by atoms with Crippen molar-refractivity contribution in [2.75, 3.05) is 55.3 Å². The van der Waals surface area contributed by atoms with E-state index >= 15 is 0 Å². The fourth-order valence-electron chi connectivity index (χ4n) is 6.57. The Hall–Kier alpha value is -1.97. The van der Waals surface area contributed by atoms with Gasteiger partial charge in [0.15, 0.2) is 0 Å². The van der Waals surface area contributed by atoms with E-state index in [1.165, 1.54) is 6.42 Å². The van der Waals surface area contributed by atoms with E-state index in [2.05, 4.69) is 43.6 Å². The van der Waals surface area contributed by atoms with Gasteiger partial charge in [-0.25, -0.2) is 9.97 Å². The van der Waals surface area contributed by atoms with Crippen LogP contribution in [0.5, 0.6) is 0 Å². The third-order valence-corrected chi connectivity index (χ3v) is 8.92. The Morgan fingerprint density at radius 3 is 2.64 bits per heavy atom. The summed E-state index contributed by atoms with van der Waals surface area (Å²) < 4.78 is 0. The highest BCUT2D eigenvalue weighted by Gasteiger charge is 2.45. The molecule has 0 amide bonds. The lowest BCUT2D eigenvalue weighted by Crippen LogP contribution is -2.35. The van der Waals surface area contributed by atoms with Crippen LogP contribution in [0.2, 0.25) is 0 Å². The Morgan fingerprint density at radius 2 is 1.76 bits per heavy atom. The molecule has 0 saturated carbocycles. The quantitative estimate of drug-likeness (QED) is 0.621. The number of anilines is 2. The van der Waals surface area contributed by atoms with Crippen molar-refractivity contribution in [2.24, 2.45) is 17.8 Å². The minimum Gasteiger partial charge on any atom is -0.351 e. The van der Waals surface area contributed by atoms with Crippen LogP contribution in [-0.4, -0.2) is 77.5 Å². The van der Waals surface area contributed by atoms with Crippen LogP contribution in [0.15, 0.2) is 29.8 Å². The zero-order valence-corrected chi connectivity index (χ0v) is 20.3. The normalized spacial score (nSPS) is 31.8. The summed E-state index contributed by atoms with van der Waals surface area (Å²) in [4.78, 5) is 24.0. The van der Waals surface area contributed by atoms with Crippen LogP contribution < -0.4 is 20.4 Å². The second-order valence-corrected chi connectivity index (χ2v) is 11.0. The monoisotopic (exact) mass is 466 g/mol. The highest BCUT2D eigenvalue weighted by atomic mass is 32.2. The van der Waals surface area contributed by atoms with Gasteiger partial charge in [-0.05, 0) is 36.9 Å². The second-order valence-electron chi connectivity index (χ2n) is 10.1. The van der Waals surface area contributed by atoms with Gasteiger partial charge in [0.2, 0.25) is 0 Å². The van der Waals surface area contributed by atoms with E-state index in [9.17, 15) is 0 Å². The highest BCUT2D eigenvalue weighted by Crippen LogP contribution is 2.40. The maximum absolute atomic E-state index is 5.12. The fourth-order valence-corrected chi connectivity index (χ4v) is 6.92. The molecule has 2 aromatic heterocycles. The van der Waals surface area contributed by atoms with E-state index in [0.717, 1.165) is 74.0 Å². The van der Waals surface area contributed by atoms with Crippen LogP contribution in [0.1, 0.15) is 31.4 Å². The molecule has 2 unspecified atom stereocenters. The van der Waals surface area contributed by atoms with Crippen molar-refractivity contribution in [2.45, 2.75) is 42.8 Å². The van der Waals surface area contributed by atoms with Crippen LogP contribution in [-0.2, 0) is 0 Å². The van der Waals surface area contributed by atoms with Crippen molar-refractivity contribution in [3.63, 3.8) is 0 Å². The van der Waals surface area contributed by atoms with E-state index in [1.807, 2.05) is 24.8 Å². The van der Waals surface area contributed by atoms with Crippen molar-refractivity contribution in [1.82, 2.24) is 30.6 Å². The predicted octanol–water partition coefficient (Wildman–Crippen LogP) is 2.00. The number of fused-ring (bicyclic) bond motifs is 2. The minimum absolute atomic E-state index is 0.382. The zero-order chi connectivity index (χ0) is 22.4. The van der Waals surface area contributed by atoms with Crippen molar-refractivity contribution < 1.29 is 0 Å². The van der Waals surface area contributed by atoms with Crippen molar-refractivity contribution in [3.05, 3.63) is 30.5 Å². The number of thioether (sulfide) groups is 1. The van der Waals surface area contributed by atoms with E-state index < -0.39 is 0 Å². The molecule has 9 heteroatoms. The molecule has 0 aromatic carbocycles. The summed E-state index contributed by atoms with van der Waals surface area (Å²) in [6.07, 6.45) is 12.2. The number of nitrogens with one attached hydrogen (secondary N) is 2. The first kappa shape index (κ1) is 21.6. The van der Waals surface area contributed by atoms with Gasteiger partial charge in [-0.15, -0.1) is 11.8 Å². The summed E-state index contributed by atoms with van der Waals surface area (Å²) in [6, 6.07) is 1.08. The van der Waals surface area contributed by atoms with Crippen molar-refractivity contribution >= 4 is 23.4 Å². The molecule has 4 fully saturated rings. The van der Waals surface area contributed by atoms with Crippen LogP contribution in [0.4, 0.5) is 11.6 Å². The molecule has 6 rings (SSSR count). The largest absolute Gasteiger partial charge is 0.351 e. The maximum atomic E-state index is 5.12. The summed E-state index contributed by atoms with van der Waals surface area (Å²) >= 11 is 1.65. The average molecular weight is 467 g/mol. The number of hydrogen-bond donors (Lipinski definition) is 2. The van der Waals surface area contributed by atoms with Gasteiger partial charge in [0, 0.05) is 63.5 Å². The molecular weight excluding hydrogens is 432 g/mol. The van der Waals surface area contributed by atoms with Crippen LogP contribution >= 0.6 is 11.8 Å². The number of hydrogen-bond acceptors (Lipinski definition) is 9. The van der Waals surface area contributed by atoms with Gasteiger partial charge in [-0.3, -0.25) is 9.97 Å². The molecule has 4 saturated heterocycles. The topological polar surface area (TPSA) is 82.1 Å². The summed E-state index contributed by atoms with van der Waals surface area (Å²) in [6.45, 7) is 8.80. The molecule has 0 spiro atoms.